The Bertz CT molecular complexity index is 720. The maximum absolute atomic E-state index is 12.3. The van der Waals surface area contributed by atoms with Gasteiger partial charge in [0.25, 0.3) is 5.91 Å². The lowest BCUT2D eigenvalue weighted by Gasteiger charge is -2.18. The van der Waals surface area contributed by atoms with Gasteiger partial charge in [0.1, 0.15) is 0 Å². The molecule has 5 heteroatoms. The van der Waals surface area contributed by atoms with Gasteiger partial charge >= 0.3 is 0 Å². The SMILES string of the molecule is CC(C)(C)c1cc(NC(=O)c2ccc3c(c2)OCO3)ccn1. The second kappa shape index (κ2) is 5.33. The van der Waals surface area contributed by atoms with Crippen molar-refractivity contribution in [1.82, 2.24) is 4.98 Å². The third-order valence-electron chi connectivity index (χ3n) is 3.42. The van der Waals surface area contributed by atoms with Crippen LogP contribution in [0.2, 0.25) is 0 Å². The number of rotatable bonds is 2. The smallest absolute Gasteiger partial charge is 0.255 e. The van der Waals surface area contributed by atoms with Crippen molar-refractivity contribution in [1.29, 1.82) is 0 Å². The zero-order valence-electron chi connectivity index (χ0n) is 12.8. The van der Waals surface area contributed by atoms with Gasteiger partial charge in [-0.2, -0.15) is 0 Å². The molecule has 0 atom stereocenters. The van der Waals surface area contributed by atoms with E-state index in [0.717, 1.165) is 11.4 Å². The summed E-state index contributed by atoms with van der Waals surface area (Å²) in [5, 5.41) is 2.89. The first-order valence-corrected chi connectivity index (χ1v) is 7.11. The number of pyridine rings is 1. The van der Waals surface area contributed by atoms with E-state index < -0.39 is 0 Å². The average molecular weight is 298 g/mol. The summed E-state index contributed by atoms with van der Waals surface area (Å²) in [6, 6.07) is 8.81. The summed E-state index contributed by atoms with van der Waals surface area (Å²) in [7, 11) is 0. The molecule has 3 rings (SSSR count). The first-order chi connectivity index (χ1) is 10.4. The van der Waals surface area contributed by atoms with E-state index in [1.165, 1.54) is 0 Å². The molecule has 1 aliphatic rings. The monoisotopic (exact) mass is 298 g/mol. The highest BCUT2D eigenvalue weighted by atomic mass is 16.7. The molecule has 5 nitrogen and oxygen atoms in total. The fraction of sp³-hybridized carbons (Fsp3) is 0.294. The summed E-state index contributed by atoms with van der Waals surface area (Å²) in [4.78, 5) is 16.7. The van der Waals surface area contributed by atoms with Crippen molar-refractivity contribution < 1.29 is 14.3 Å². The third-order valence-corrected chi connectivity index (χ3v) is 3.42. The number of hydrogen-bond donors (Lipinski definition) is 1. The number of ether oxygens (including phenoxy) is 2. The van der Waals surface area contributed by atoms with Gasteiger partial charge in [0.2, 0.25) is 6.79 Å². The van der Waals surface area contributed by atoms with E-state index in [9.17, 15) is 4.79 Å². The van der Waals surface area contributed by atoms with Gasteiger partial charge in [0, 0.05) is 28.6 Å². The second-order valence-electron chi connectivity index (χ2n) is 6.20. The molecule has 22 heavy (non-hydrogen) atoms. The standard InChI is InChI=1S/C17H18N2O3/c1-17(2,3)15-9-12(6-7-18-15)19-16(20)11-4-5-13-14(8-11)22-10-21-13/h4-9H,10H2,1-3H3,(H,18,19,20). The third kappa shape index (κ3) is 2.88. The molecule has 0 unspecified atom stereocenters. The Morgan fingerprint density at radius 3 is 2.68 bits per heavy atom. The number of hydrogen-bond acceptors (Lipinski definition) is 4. The number of anilines is 1. The number of carbonyl (C=O) groups is 1. The lowest BCUT2D eigenvalue weighted by Crippen LogP contribution is -2.16. The molecule has 2 aromatic rings. The summed E-state index contributed by atoms with van der Waals surface area (Å²) in [6.07, 6.45) is 1.70. The molecule has 0 bridgehead atoms. The molecule has 114 valence electrons. The van der Waals surface area contributed by atoms with Crippen LogP contribution in [0.3, 0.4) is 0 Å². The van der Waals surface area contributed by atoms with Crippen molar-refractivity contribution in [2.75, 3.05) is 12.1 Å². The Kier molecular flexibility index (Phi) is 3.48. The Labute approximate surface area is 129 Å². The van der Waals surface area contributed by atoms with Crippen molar-refractivity contribution in [3.8, 4) is 11.5 Å². The minimum Gasteiger partial charge on any atom is -0.454 e. The lowest BCUT2D eigenvalue weighted by molar-refractivity contribution is 0.102. The van der Waals surface area contributed by atoms with Crippen LogP contribution in [0.25, 0.3) is 0 Å². The van der Waals surface area contributed by atoms with Gasteiger partial charge < -0.3 is 14.8 Å². The molecular formula is C17H18N2O3. The second-order valence-corrected chi connectivity index (χ2v) is 6.20. The van der Waals surface area contributed by atoms with Crippen LogP contribution < -0.4 is 14.8 Å². The number of carbonyl (C=O) groups excluding carboxylic acids is 1. The normalized spacial score (nSPS) is 13.0. The maximum Gasteiger partial charge on any atom is 0.255 e. The first-order valence-electron chi connectivity index (χ1n) is 7.11. The fourth-order valence-electron chi connectivity index (χ4n) is 2.16. The fourth-order valence-corrected chi connectivity index (χ4v) is 2.16. The highest BCUT2D eigenvalue weighted by Crippen LogP contribution is 2.32. The van der Waals surface area contributed by atoms with Gasteiger partial charge in [0.05, 0.1) is 0 Å². The summed E-state index contributed by atoms with van der Waals surface area (Å²) in [5.74, 6) is 1.07. The first kappa shape index (κ1) is 14.4. The largest absolute Gasteiger partial charge is 0.454 e. The summed E-state index contributed by atoms with van der Waals surface area (Å²) in [5.41, 5.74) is 2.11. The van der Waals surface area contributed by atoms with Crippen LogP contribution in [0.1, 0.15) is 36.8 Å². The molecule has 1 aliphatic heterocycles. The molecule has 0 spiro atoms. The molecule has 1 amide bonds. The zero-order chi connectivity index (χ0) is 15.7. The Balaban J connectivity index is 1.80. The Morgan fingerprint density at radius 2 is 1.91 bits per heavy atom. The molecule has 0 aliphatic carbocycles. The predicted octanol–water partition coefficient (Wildman–Crippen LogP) is 3.36. The van der Waals surface area contributed by atoms with Crippen molar-refractivity contribution in [2.45, 2.75) is 26.2 Å². The van der Waals surface area contributed by atoms with Gasteiger partial charge in [-0.15, -0.1) is 0 Å². The van der Waals surface area contributed by atoms with Crippen LogP contribution in [-0.4, -0.2) is 17.7 Å². The minimum absolute atomic E-state index is 0.0700. The number of fused-ring (bicyclic) bond motifs is 1. The lowest BCUT2D eigenvalue weighted by atomic mass is 9.91. The van der Waals surface area contributed by atoms with Crippen molar-refractivity contribution in [3.63, 3.8) is 0 Å². The molecule has 0 saturated carbocycles. The van der Waals surface area contributed by atoms with E-state index >= 15 is 0 Å². The van der Waals surface area contributed by atoms with Crippen LogP contribution in [0.15, 0.2) is 36.5 Å². The molecule has 0 fully saturated rings. The maximum atomic E-state index is 12.3. The molecular weight excluding hydrogens is 280 g/mol. The number of amides is 1. The van der Waals surface area contributed by atoms with Crippen LogP contribution >= 0.6 is 0 Å². The van der Waals surface area contributed by atoms with E-state index in [0.29, 0.717) is 17.1 Å². The number of nitrogens with zero attached hydrogens (tertiary/aromatic N) is 1. The number of nitrogens with one attached hydrogen (secondary N) is 1. The average Bonchev–Trinajstić information content (AvgIpc) is 2.94. The van der Waals surface area contributed by atoms with Crippen molar-refractivity contribution >= 4 is 11.6 Å². The molecule has 0 saturated heterocycles. The predicted molar refractivity (Wildman–Crippen MR) is 83.5 cm³/mol. The van der Waals surface area contributed by atoms with Gasteiger partial charge in [-0.05, 0) is 30.3 Å². The van der Waals surface area contributed by atoms with Crippen LogP contribution in [0.4, 0.5) is 5.69 Å². The van der Waals surface area contributed by atoms with E-state index in [2.05, 4.69) is 31.1 Å². The van der Waals surface area contributed by atoms with Gasteiger partial charge in [-0.25, -0.2) is 0 Å². The van der Waals surface area contributed by atoms with Crippen LogP contribution in [0.5, 0.6) is 11.5 Å². The van der Waals surface area contributed by atoms with E-state index in [1.807, 2.05) is 6.07 Å². The van der Waals surface area contributed by atoms with Gasteiger partial charge in [-0.3, -0.25) is 9.78 Å². The van der Waals surface area contributed by atoms with E-state index in [1.54, 1.807) is 30.5 Å². The van der Waals surface area contributed by atoms with Crippen LogP contribution in [-0.2, 0) is 5.41 Å². The molecule has 0 radical (unpaired) electrons. The summed E-state index contributed by atoms with van der Waals surface area (Å²) in [6.45, 7) is 6.44. The number of benzene rings is 1. The molecule has 1 aromatic heterocycles. The van der Waals surface area contributed by atoms with Crippen molar-refractivity contribution in [2.24, 2.45) is 0 Å². The quantitative estimate of drug-likeness (QED) is 0.923. The molecule has 1 aromatic carbocycles. The van der Waals surface area contributed by atoms with Crippen molar-refractivity contribution in [3.05, 3.63) is 47.8 Å². The molecule has 1 N–H and O–H groups in total. The van der Waals surface area contributed by atoms with Gasteiger partial charge in [-0.1, -0.05) is 20.8 Å². The van der Waals surface area contributed by atoms with E-state index in [4.69, 9.17) is 9.47 Å². The summed E-state index contributed by atoms with van der Waals surface area (Å²) < 4.78 is 10.5. The van der Waals surface area contributed by atoms with E-state index in [-0.39, 0.29) is 18.1 Å². The highest BCUT2D eigenvalue weighted by molar-refractivity contribution is 6.04. The number of aromatic nitrogens is 1. The summed E-state index contributed by atoms with van der Waals surface area (Å²) >= 11 is 0. The Morgan fingerprint density at radius 1 is 1.14 bits per heavy atom. The zero-order valence-corrected chi connectivity index (χ0v) is 12.8. The topological polar surface area (TPSA) is 60.5 Å². The Hall–Kier alpha value is -2.56. The highest BCUT2D eigenvalue weighted by Gasteiger charge is 2.18. The van der Waals surface area contributed by atoms with Crippen LogP contribution in [0, 0.1) is 0 Å². The van der Waals surface area contributed by atoms with Gasteiger partial charge in [0.15, 0.2) is 11.5 Å². The minimum atomic E-state index is -0.190. The molecule has 2 heterocycles.